The number of halogens is 1. The van der Waals surface area contributed by atoms with E-state index in [4.69, 9.17) is 4.98 Å². The van der Waals surface area contributed by atoms with E-state index in [1.165, 1.54) is 23.6 Å². The van der Waals surface area contributed by atoms with Crippen LogP contribution in [0.3, 0.4) is 0 Å². The molecule has 2 heterocycles. The Bertz CT molecular complexity index is 884. The van der Waals surface area contributed by atoms with E-state index < -0.39 is 0 Å². The Balaban J connectivity index is 1.65. The summed E-state index contributed by atoms with van der Waals surface area (Å²) in [4.78, 5) is 8.42. The maximum absolute atomic E-state index is 4.91. The van der Waals surface area contributed by atoms with Crippen molar-refractivity contribution in [3.63, 3.8) is 0 Å². The van der Waals surface area contributed by atoms with Crippen LogP contribution in [-0.2, 0) is 0 Å². The molecule has 2 aromatic carbocycles. The number of benzene rings is 2. The molecule has 1 saturated heterocycles. The molecule has 3 aromatic rings. The standard InChI is InChI=1S/C17H16BrN3/c1-17-7-13(19-14(17)8-17)16-20-12-5-2-9-6-10(18)3-4-11(9)15(12)21-16/h2-6,13-14,19H,7-8H2,1H3,(H,20,21)/t13-,14?,17-/m0/s1. The molecule has 1 aliphatic carbocycles. The largest absolute Gasteiger partial charge is 0.341 e. The van der Waals surface area contributed by atoms with E-state index in [0.717, 1.165) is 21.3 Å². The van der Waals surface area contributed by atoms with Gasteiger partial charge in [-0.3, -0.25) is 0 Å². The lowest BCUT2D eigenvalue weighted by molar-refractivity contribution is 0.489. The first-order valence-electron chi connectivity index (χ1n) is 7.46. The monoisotopic (exact) mass is 341 g/mol. The van der Waals surface area contributed by atoms with Crippen molar-refractivity contribution in [2.45, 2.75) is 31.8 Å². The zero-order valence-electron chi connectivity index (χ0n) is 11.8. The first kappa shape index (κ1) is 12.2. The Morgan fingerprint density at radius 3 is 2.95 bits per heavy atom. The predicted molar refractivity (Wildman–Crippen MR) is 88.3 cm³/mol. The number of hydrogen-bond acceptors (Lipinski definition) is 2. The van der Waals surface area contributed by atoms with Gasteiger partial charge in [-0.05, 0) is 41.8 Å². The molecule has 21 heavy (non-hydrogen) atoms. The molecule has 3 nitrogen and oxygen atoms in total. The highest BCUT2D eigenvalue weighted by Crippen LogP contribution is 2.57. The first-order chi connectivity index (χ1) is 10.1. The van der Waals surface area contributed by atoms with Gasteiger partial charge in [0.2, 0.25) is 0 Å². The van der Waals surface area contributed by atoms with Gasteiger partial charge in [-0.25, -0.2) is 4.98 Å². The Morgan fingerprint density at radius 2 is 2.14 bits per heavy atom. The van der Waals surface area contributed by atoms with Crippen molar-refractivity contribution in [3.8, 4) is 0 Å². The minimum atomic E-state index is 0.381. The van der Waals surface area contributed by atoms with Crippen LogP contribution in [0.15, 0.2) is 34.8 Å². The normalized spacial score (nSPS) is 31.0. The van der Waals surface area contributed by atoms with E-state index >= 15 is 0 Å². The molecule has 3 atom stereocenters. The van der Waals surface area contributed by atoms with Crippen LogP contribution in [0.2, 0.25) is 0 Å². The zero-order chi connectivity index (χ0) is 14.2. The van der Waals surface area contributed by atoms with Crippen molar-refractivity contribution >= 4 is 37.7 Å². The number of rotatable bonds is 1. The maximum atomic E-state index is 4.91. The number of nitrogens with zero attached hydrogens (tertiary/aromatic N) is 1. The molecular weight excluding hydrogens is 326 g/mol. The summed E-state index contributed by atoms with van der Waals surface area (Å²) in [5, 5.41) is 6.14. The van der Waals surface area contributed by atoms with Gasteiger partial charge in [0, 0.05) is 15.9 Å². The average Bonchev–Trinajstić information content (AvgIpc) is 2.85. The molecular formula is C17H16BrN3. The number of piperidine rings is 1. The first-order valence-corrected chi connectivity index (χ1v) is 8.26. The van der Waals surface area contributed by atoms with Gasteiger partial charge >= 0.3 is 0 Å². The number of nitrogens with one attached hydrogen (secondary N) is 2. The lowest BCUT2D eigenvalue weighted by Gasteiger charge is -2.10. The number of aromatic amines is 1. The molecule has 1 saturated carbocycles. The van der Waals surface area contributed by atoms with Gasteiger partial charge in [0.1, 0.15) is 5.82 Å². The van der Waals surface area contributed by atoms with E-state index in [9.17, 15) is 0 Å². The summed E-state index contributed by atoms with van der Waals surface area (Å²) in [6.07, 6.45) is 2.52. The van der Waals surface area contributed by atoms with Crippen molar-refractivity contribution in [2.24, 2.45) is 5.41 Å². The summed E-state index contributed by atoms with van der Waals surface area (Å²) in [5.41, 5.74) is 2.73. The van der Waals surface area contributed by atoms with Crippen molar-refractivity contribution in [1.82, 2.24) is 15.3 Å². The second kappa shape index (κ2) is 3.87. The van der Waals surface area contributed by atoms with Gasteiger partial charge in [0.15, 0.2) is 0 Å². The minimum Gasteiger partial charge on any atom is -0.341 e. The van der Waals surface area contributed by atoms with Crippen molar-refractivity contribution in [2.75, 3.05) is 0 Å². The van der Waals surface area contributed by atoms with E-state index in [1.54, 1.807) is 0 Å². The van der Waals surface area contributed by atoms with E-state index in [-0.39, 0.29) is 0 Å². The fourth-order valence-electron chi connectivity index (χ4n) is 3.79. The Hall–Kier alpha value is -1.39. The molecule has 2 fully saturated rings. The molecule has 1 unspecified atom stereocenters. The third-order valence-electron chi connectivity index (χ3n) is 5.20. The molecule has 106 valence electrons. The molecule has 2 N–H and O–H groups in total. The lowest BCUT2D eigenvalue weighted by atomic mass is 10.0. The van der Waals surface area contributed by atoms with Crippen LogP contribution in [0.1, 0.15) is 31.6 Å². The fourth-order valence-corrected chi connectivity index (χ4v) is 4.17. The van der Waals surface area contributed by atoms with Crippen LogP contribution in [-0.4, -0.2) is 16.0 Å². The Labute approximate surface area is 131 Å². The molecule has 0 amide bonds. The third kappa shape index (κ3) is 1.72. The summed E-state index contributed by atoms with van der Waals surface area (Å²) >= 11 is 3.53. The quantitative estimate of drug-likeness (QED) is 0.693. The van der Waals surface area contributed by atoms with Crippen LogP contribution in [0, 0.1) is 5.41 Å². The van der Waals surface area contributed by atoms with Gasteiger partial charge in [-0.2, -0.15) is 0 Å². The highest BCUT2D eigenvalue weighted by molar-refractivity contribution is 9.10. The van der Waals surface area contributed by atoms with Gasteiger partial charge in [0.05, 0.1) is 17.1 Å². The van der Waals surface area contributed by atoms with E-state index in [1.807, 2.05) is 0 Å². The average molecular weight is 342 g/mol. The van der Waals surface area contributed by atoms with Gasteiger partial charge in [0.25, 0.3) is 0 Å². The van der Waals surface area contributed by atoms with Crippen LogP contribution >= 0.6 is 15.9 Å². The molecule has 1 aliphatic heterocycles. The summed E-state index contributed by atoms with van der Waals surface area (Å²) in [5.74, 6) is 1.09. The predicted octanol–water partition coefficient (Wildman–Crippen LogP) is 4.29. The van der Waals surface area contributed by atoms with E-state index in [0.29, 0.717) is 17.5 Å². The molecule has 0 spiro atoms. The van der Waals surface area contributed by atoms with Crippen LogP contribution < -0.4 is 5.32 Å². The molecule has 4 heteroatoms. The van der Waals surface area contributed by atoms with Gasteiger partial charge in [-0.15, -0.1) is 0 Å². The topological polar surface area (TPSA) is 40.7 Å². The number of hydrogen-bond donors (Lipinski definition) is 2. The molecule has 2 aliphatic rings. The number of fused-ring (bicyclic) bond motifs is 4. The summed E-state index contributed by atoms with van der Waals surface area (Å²) in [7, 11) is 0. The number of aromatic nitrogens is 2. The molecule has 5 rings (SSSR count). The smallest absolute Gasteiger partial charge is 0.124 e. The molecule has 0 bridgehead atoms. The van der Waals surface area contributed by atoms with Crippen molar-refractivity contribution < 1.29 is 0 Å². The highest BCUT2D eigenvalue weighted by atomic mass is 79.9. The van der Waals surface area contributed by atoms with E-state index in [2.05, 4.69) is 63.5 Å². The van der Waals surface area contributed by atoms with Crippen LogP contribution in [0.5, 0.6) is 0 Å². The number of imidazole rings is 1. The lowest BCUT2D eigenvalue weighted by Crippen LogP contribution is -2.18. The third-order valence-corrected chi connectivity index (χ3v) is 5.70. The second-order valence-electron chi connectivity index (χ2n) is 6.78. The van der Waals surface area contributed by atoms with Gasteiger partial charge in [-0.1, -0.05) is 35.0 Å². The Kier molecular flexibility index (Phi) is 2.25. The summed E-state index contributed by atoms with van der Waals surface area (Å²) in [6, 6.07) is 11.7. The summed E-state index contributed by atoms with van der Waals surface area (Å²) < 4.78 is 1.11. The minimum absolute atomic E-state index is 0.381. The van der Waals surface area contributed by atoms with Crippen molar-refractivity contribution in [1.29, 1.82) is 0 Å². The fraction of sp³-hybridized carbons (Fsp3) is 0.353. The molecule has 0 radical (unpaired) electrons. The highest BCUT2D eigenvalue weighted by Gasteiger charge is 2.57. The second-order valence-corrected chi connectivity index (χ2v) is 7.70. The van der Waals surface area contributed by atoms with Crippen molar-refractivity contribution in [3.05, 3.63) is 40.6 Å². The number of H-pyrrole nitrogens is 1. The van der Waals surface area contributed by atoms with Crippen LogP contribution in [0.25, 0.3) is 21.8 Å². The SMILES string of the molecule is C[C@]12CC1N[C@H](c1nc3c(ccc4cc(Br)ccc43)[nH]1)C2. The summed E-state index contributed by atoms with van der Waals surface area (Å²) in [6.45, 7) is 2.38. The maximum Gasteiger partial charge on any atom is 0.124 e. The van der Waals surface area contributed by atoms with Crippen LogP contribution in [0.4, 0.5) is 0 Å². The zero-order valence-corrected chi connectivity index (χ0v) is 13.4. The van der Waals surface area contributed by atoms with Gasteiger partial charge < -0.3 is 10.3 Å². The molecule has 1 aromatic heterocycles. The Morgan fingerprint density at radius 1 is 1.24 bits per heavy atom.